The second-order valence-electron chi connectivity index (χ2n) is 5.77. The van der Waals surface area contributed by atoms with E-state index in [1.165, 1.54) is 0 Å². The summed E-state index contributed by atoms with van der Waals surface area (Å²) in [7, 11) is 0. The lowest BCUT2D eigenvalue weighted by molar-refractivity contribution is -0.157. The fraction of sp³-hybridized carbons (Fsp3) is 0.857. The van der Waals surface area contributed by atoms with Crippen molar-refractivity contribution in [2.45, 2.75) is 38.6 Å². The van der Waals surface area contributed by atoms with Crippen LogP contribution in [0.2, 0.25) is 0 Å². The molecule has 2 aliphatic rings. The Morgan fingerprint density at radius 2 is 2.10 bits per heavy atom. The number of ether oxygens (including phenoxy) is 1. The number of carbonyl (C=O) groups excluding carboxylic acids is 2. The third kappa shape index (κ3) is 2.96. The highest BCUT2D eigenvalue weighted by Gasteiger charge is 2.44. The van der Waals surface area contributed by atoms with E-state index in [1.54, 1.807) is 4.90 Å². The number of rotatable bonds is 4. The first-order valence-electron chi connectivity index (χ1n) is 7.49. The third-order valence-corrected chi connectivity index (χ3v) is 4.46. The van der Waals surface area contributed by atoms with Gasteiger partial charge in [-0.15, -0.1) is 0 Å². The molecular weight excluding hydrogens is 258 g/mol. The van der Waals surface area contributed by atoms with Gasteiger partial charge in [0, 0.05) is 6.54 Å². The van der Waals surface area contributed by atoms with E-state index in [-0.39, 0.29) is 17.9 Å². The largest absolute Gasteiger partial charge is 0.377 e. The van der Waals surface area contributed by atoms with E-state index in [0.29, 0.717) is 13.2 Å². The molecule has 2 rings (SSSR count). The number of primary amides is 1. The molecule has 6 nitrogen and oxygen atoms in total. The molecule has 0 radical (unpaired) electrons. The predicted molar refractivity (Wildman–Crippen MR) is 75.0 cm³/mol. The molecule has 0 aromatic carbocycles. The zero-order chi connectivity index (χ0) is 14.6. The molecule has 3 N–H and O–H groups in total. The van der Waals surface area contributed by atoms with Crippen LogP contribution in [0.4, 0.5) is 0 Å². The molecule has 0 aromatic rings. The number of morpholine rings is 1. The molecule has 1 unspecified atom stereocenters. The molecule has 0 spiro atoms. The average Bonchev–Trinajstić information content (AvgIpc) is 2.47. The van der Waals surface area contributed by atoms with Crippen molar-refractivity contribution in [1.82, 2.24) is 10.2 Å². The van der Waals surface area contributed by atoms with Crippen molar-refractivity contribution >= 4 is 11.8 Å². The minimum atomic E-state index is -0.611. The van der Waals surface area contributed by atoms with Gasteiger partial charge in [-0.3, -0.25) is 9.59 Å². The van der Waals surface area contributed by atoms with Crippen LogP contribution in [0, 0.1) is 5.41 Å². The van der Waals surface area contributed by atoms with E-state index in [1.807, 2.05) is 0 Å². The number of hydrogen-bond acceptors (Lipinski definition) is 4. The molecule has 0 bridgehead atoms. The smallest absolute Gasteiger partial charge is 0.242 e. The summed E-state index contributed by atoms with van der Waals surface area (Å²) in [6.07, 6.45) is 3.51. The quantitative estimate of drug-likeness (QED) is 0.752. The molecule has 0 aromatic heterocycles. The Bertz CT molecular complexity index is 361. The van der Waals surface area contributed by atoms with E-state index in [4.69, 9.17) is 10.5 Å². The van der Waals surface area contributed by atoms with Crippen molar-refractivity contribution < 1.29 is 14.3 Å². The summed E-state index contributed by atoms with van der Waals surface area (Å²) >= 11 is 0. The number of nitrogens with one attached hydrogen (secondary N) is 1. The van der Waals surface area contributed by atoms with Crippen LogP contribution in [-0.4, -0.2) is 55.6 Å². The molecule has 0 saturated carbocycles. The number of nitrogens with zero attached hydrogens (tertiary/aromatic N) is 1. The Morgan fingerprint density at radius 1 is 1.40 bits per heavy atom. The van der Waals surface area contributed by atoms with Gasteiger partial charge in [-0.2, -0.15) is 0 Å². The number of carbonyl (C=O) groups is 2. The number of amides is 2. The van der Waals surface area contributed by atoms with Crippen molar-refractivity contribution in [2.75, 3.05) is 32.8 Å². The van der Waals surface area contributed by atoms with Gasteiger partial charge < -0.3 is 20.7 Å². The second kappa shape index (κ2) is 6.54. The SMILES string of the molecule is CCCC1(C(=O)N2CCOCC2C(N)=O)CCNCC1. The maximum Gasteiger partial charge on any atom is 0.242 e. The Kier molecular flexibility index (Phi) is 4.99. The minimum absolute atomic E-state index is 0.0907. The van der Waals surface area contributed by atoms with E-state index in [2.05, 4.69) is 12.2 Å². The molecule has 2 aliphatic heterocycles. The van der Waals surface area contributed by atoms with E-state index >= 15 is 0 Å². The Morgan fingerprint density at radius 3 is 2.70 bits per heavy atom. The maximum absolute atomic E-state index is 13.0. The Balaban J connectivity index is 2.18. The van der Waals surface area contributed by atoms with Crippen LogP contribution in [0.1, 0.15) is 32.6 Å². The van der Waals surface area contributed by atoms with Crippen molar-refractivity contribution in [3.05, 3.63) is 0 Å². The molecular formula is C14H25N3O3. The van der Waals surface area contributed by atoms with Gasteiger partial charge in [0.2, 0.25) is 11.8 Å². The van der Waals surface area contributed by atoms with E-state index in [0.717, 1.165) is 38.8 Å². The summed E-state index contributed by atoms with van der Waals surface area (Å²) in [4.78, 5) is 26.2. The average molecular weight is 283 g/mol. The van der Waals surface area contributed by atoms with E-state index in [9.17, 15) is 9.59 Å². The Hall–Kier alpha value is -1.14. The van der Waals surface area contributed by atoms with Gasteiger partial charge >= 0.3 is 0 Å². The summed E-state index contributed by atoms with van der Waals surface area (Å²) in [5.41, 5.74) is 5.09. The molecule has 2 saturated heterocycles. The number of piperidine rings is 1. The first kappa shape index (κ1) is 15.3. The highest BCUT2D eigenvalue weighted by molar-refractivity contribution is 5.89. The van der Waals surface area contributed by atoms with Gasteiger partial charge in [-0.1, -0.05) is 13.3 Å². The van der Waals surface area contributed by atoms with Crippen molar-refractivity contribution in [2.24, 2.45) is 11.1 Å². The van der Waals surface area contributed by atoms with Gasteiger partial charge in [0.25, 0.3) is 0 Å². The highest BCUT2D eigenvalue weighted by atomic mass is 16.5. The van der Waals surface area contributed by atoms with Gasteiger partial charge in [0.05, 0.1) is 18.6 Å². The first-order chi connectivity index (χ1) is 9.60. The van der Waals surface area contributed by atoms with Crippen LogP contribution in [-0.2, 0) is 14.3 Å². The zero-order valence-electron chi connectivity index (χ0n) is 12.2. The summed E-state index contributed by atoms with van der Waals surface area (Å²) in [6, 6.07) is -0.611. The minimum Gasteiger partial charge on any atom is -0.377 e. The van der Waals surface area contributed by atoms with Crippen LogP contribution >= 0.6 is 0 Å². The van der Waals surface area contributed by atoms with Gasteiger partial charge in [0.1, 0.15) is 6.04 Å². The van der Waals surface area contributed by atoms with Gasteiger partial charge in [0.15, 0.2) is 0 Å². The topological polar surface area (TPSA) is 84.7 Å². The lowest BCUT2D eigenvalue weighted by Gasteiger charge is -2.43. The summed E-state index contributed by atoms with van der Waals surface area (Å²) < 4.78 is 5.30. The third-order valence-electron chi connectivity index (χ3n) is 4.46. The molecule has 20 heavy (non-hydrogen) atoms. The van der Waals surface area contributed by atoms with Crippen molar-refractivity contribution in [1.29, 1.82) is 0 Å². The maximum atomic E-state index is 13.0. The fourth-order valence-electron chi connectivity index (χ4n) is 3.34. The van der Waals surface area contributed by atoms with E-state index < -0.39 is 11.9 Å². The molecule has 114 valence electrons. The van der Waals surface area contributed by atoms with Crippen molar-refractivity contribution in [3.8, 4) is 0 Å². The molecule has 6 heteroatoms. The van der Waals surface area contributed by atoms with Crippen LogP contribution in [0.3, 0.4) is 0 Å². The first-order valence-corrected chi connectivity index (χ1v) is 7.49. The van der Waals surface area contributed by atoms with Crippen LogP contribution in [0.25, 0.3) is 0 Å². The molecule has 2 heterocycles. The van der Waals surface area contributed by atoms with Gasteiger partial charge in [-0.05, 0) is 32.4 Å². The lowest BCUT2D eigenvalue weighted by Crippen LogP contribution is -2.59. The summed E-state index contributed by atoms with van der Waals surface area (Å²) in [5, 5.41) is 3.30. The summed E-state index contributed by atoms with van der Waals surface area (Å²) in [5.74, 6) is -0.383. The van der Waals surface area contributed by atoms with Crippen molar-refractivity contribution in [3.63, 3.8) is 0 Å². The molecule has 2 amide bonds. The highest BCUT2D eigenvalue weighted by Crippen LogP contribution is 2.37. The Labute approximate surface area is 120 Å². The monoisotopic (exact) mass is 283 g/mol. The van der Waals surface area contributed by atoms with Crippen LogP contribution in [0.15, 0.2) is 0 Å². The predicted octanol–water partition coefficient (Wildman–Crippen LogP) is -0.131. The van der Waals surface area contributed by atoms with Gasteiger partial charge in [-0.25, -0.2) is 0 Å². The molecule has 2 fully saturated rings. The molecule has 0 aliphatic carbocycles. The lowest BCUT2D eigenvalue weighted by atomic mass is 9.74. The van der Waals surface area contributed by atoms with Crippen LogP contribution in [0.5, 0.6) is 0 Å². The summed E-state index contributed by atoms with van der Waals surface area (Å²) in [6.45, 7) is 4.99. The molecule has 1 atom stereocenters. The number of nitrogens with two attached hydrogens (primary N) is 1. The van der Waals surface area contributed by atoms with Crippen LogP contribution < -0.4 is 11.1 Å². The number of hydrogen-bond donors (Lipinski definition) is 2. The zero-order valence-corrected chi connectivity index (χ0v) is 12.2. The standard InChI is InChI=1S/C14H25N3O3/c1-2-3-14(4-6-16-7-5-14)13(19)17-8-9-20-10-11(17)12(15)18/h11,16H,2-10H2,1H3,(H2,15,18). The second-order valence-corrected chi connectivity index (χ2v) is 5.77. The normalized spacial score (nSPS) is 26.2. The fourth-order valence-corrected chi connectivity index (χ4v) is 3.34.